The number of hydrogen-bond donors (Lipinski definition) is 2. The molecule has 1 atom stereocenters. The number of nitrogens with zero attached hydrogens (tertiary/aromatic N) is 2. The quantitative estimate of drug-likeness (QED) is 0.474. The second-order valence-electron chi connectivity index (χ2n) is 5.34. The fourth-order valence-electron chi connectivity index (χ4n) is 2.61. The number of rotatable bonds is 6. The van der Waals surface area contributed by atoms with E-state index in [1.54, 1.807) is 7.05 Å². The van der Waals surface area contributed by atoms with Gasteiger partial charge in [0.25, 0.3) is 0 Å². The Hall–Kier alpha value is -1.56. The number of nitrogens with one attached hydrogen (secondary N) is 2. The highest BCUT2D eigenvalue weighted by Crippen LogP contribution is 2.23. The number of morpholine rings is 1. The molecule has 126 valence electrons. The monoisotopic (exact) mass is 336 g/mol. The Bertz CT molecular complexity index is 512. The van der Waals surface area contributed by atoms with Gasteiger partial charge in [-0.05, 0) is 17.7 Å². The largest absolute Gasteiger partial charge is 0.379 e. The maximum absolute atomic E-state index is 6.02. The van der Waals surface area contributed by atoms with Crippen molar-refractivity contribution >= 4 is 17.6 Å². The molecule has 2 N–H and O–H groups in total. The van der Waals surface area contributed by atoms with Crippen LogP contribution in [-0.2, 0) is 4.74 Å². The van der Waals surface area contributed by atoms with Crippen LogP contribution < -0.4 is 10.6 Å². The van der Waals surface area contributed by atoms with Gasteiger partial charge in [0.1, 0.15) is 0 Å². The van der Waals surface area contributed by atoms with Crippen LogP contribution in [0.1, 0.15) is 11.6 Å². The zero-order valence-electron chi connectivity index (χ0n) is 13.6. The van der Waals surface area contributed by atoms with Crippen LogP contribution in [0.3, 0.4) is 0 Å². The number of ether oxygens (including phenoxy) is 1. The molecule has 1 aliphatic rings. The van der Waals surface area contributed by atoms with Crippen molar-refractivity contribution in [3.8, 4) is 0 Å². The maximum atomic E-state index is 6.02. The molecule has 0 bridgehead atoms. The van der Waals surface area contributed by atoms with Gasteiger partial charge in [-0.2, -0.15) is 0 Å². The smallest absolute Gasteiger partial charge is 0.191 e. The normalized spacial score (nSPS) is 17.6. The molecule has 0 amide bonds. The molecule has 2 rings (SSSR count). The number of guanidine groups is 1. The van der Waals surface area contributed by atoms with Crippen LogP contribution in [0.4, 0.5) is 0 Å². The molecular weight excluding hydrogens is 312 g/mol. The fourth-order valence-corrected chi connectivity index (χ4v) is 2.74. The van der Waals surface area contributed by atoms with Crippen molar-refractivity contribution in [3.63, 3.8) is 0 Å². The van der Waals surface area contributed by atoms with E-state index >= 15 is 0 Å². The average molecular weight is 337 g/mol. The van der Waals surface area contributed by atoms with E-state index < -0.39 is 0 Å². The number of aliphatic imine (C=N–C) groups is 1. The van der Waals surface area contributed by atoms with E-state index in [1.165, 1.54) is 5.56 Å². The summed E-state index contributed by atoms with van der Waals surface area (Å²) >= 11 is 6.02. The van der Waals surface area contributed by atoms with E-state index in [9.17, 15) is 0 Å². The van der Waals surface area contributed by atoms with Gasteiger partial charge in [0.15, 0.2) is 5.96 Å². The Morgan fingerprint density at radius 1 is 1.35 bits per heavy atom. The lowest BCUT2D eigenvalue weighted by Crippen LogP contribution is -2.46. The first kappa shape index (κ1) is 17.8. The lowest BCUT2D eigenvalue weighted by atomic mass is 10.0. The molecule has 0 aromatic heterocycles. The van der Waals surface area contributed by atoms with Crippen molar-refractivity contribution in [1.29, 1.82) is 0 Å². The Kier molecular flexibility index (Phi) is 7.39. The Morgan fingerprint density at radius 3 is 2.65 bits per heavy atom. The summed E-state index contributed by atoms with van der Waals surface area (Å²) in [4.78, 5) is 6.66. The summed E-state index contributed by atoms with van der Waals surface area (Å²) in [7, 11) is 1.77. The highest BCUT2D eigenvalue weighted by Gasteiger charge is 2.22. The van der Waals surface area contributed by atoms with Crippen molar-refractivity contribution in [2.45, 2.75) is 6.04 Å². The number of hydrogen-bond acceptors (Lipinski definition) is 3. The highest BCUT2D eigenvalue weighted by molar-refractivity contribution is 6.30. The minimum absolute atomic E-state index is 0.249. The molecule has 0 radical (unpaired) electrons. The van der Waals surface area contributed by atoms with Crippen molar-refractivity contribution < 1.29 is 4.74 Å². The van der Waals surface area contributed by atoms with E-state index in [4.69, 9.17) is 16.3 Å². The molecule has 1 aromatic carbocycles. The summed E-state index contributed by atoms with van der Waals surface area (Å²) in [5.41, 5.74) is 1.24. The summed E-state index contributed by atoms with van der Waals surface area (Å²) in [6, 6.07) is 8.30. The SMILES string of the molecule is C=CCNC(=NC)NCC(c1ccc(Cl)cc1)N1CCOCC1. The van der Waals surface area contributed by atoms with Crippen molar-refractivity contribution in [3.05, 3.63) is 47.5 Å². The molecule has 5 nitrogen and oxygen atoms in total. The van der Waals surface area contributed by atoms with Crippen LogP contribution in [0, 0.1) is 0 Å². The van der Waals surface area contributed by atoms with Gasteiger partial charge in [0.2, 0.25) is 0 Å². The van der Waals surface area contributed by atoms with Gasteiger partial charge in [0.05, 0.1) is 19.3 Å². The van der Waals surface area contributed by atoms with Crippen molar-refractivity contribution in [2.24, 2.45) is 4.99 Å². The first-order valence-electron chi connectivity index (χ1n) is 7.87. The topological polar surface area (TPSA) is 48.9 Å². The molecule has 1 saturated heterocycles. The van der Waals surface area contributed by atoms with E-state index in [-0.39, 0.29) is 6.04 Å². The molecule has 1 fully saturated rings. The van der Waals surface area contributed by atoms with Gasteiger partial charge in [-0.15, -0.1) is 6.58 Å². The first-order valence-corrected chi connectivity index (χ1v) is 8.25. The third kappa shape index (κ3) is 5.53. The predicted octanol–water partition coefficient (Wildman–Crippen LogP) is 2.06. The summed E-state index contributed by atoms with van der Waals surface area (Å²) in [5, 5.41) is 7.34. The maximum Gasteiger partial charge on any atom is 0.191 e. The molecule has 23 heavy (non-hydrogen) atoms. The van der Waals surface area contributed by atoms with Crippen LogP contribution in [0.15, 0.2) is 41.9 Å². The molecule has 0 saturated carbocycles. The molecule has 0 aliphatic carbocycles. The minimum Gasteiger partial charge on any atom is -0.379 e. The van der Waals surface area contributed by atoms with Crippen LogP contribution in [0.2, 0.25) is 5.02 Å². The first-order chi connectivity index (χ1) is 11.2. The van der Waals surface area contributed by atoms with E-state index in [0.717, 1.165) is 43.8 Å². The zero-order valence-corrected chi connectivity index (χ0v) is 14.4. The molecule has 1 heterocycles. The zero-order chi connectivity index (χ0) is 16.5. The summed E-state index contributed by atoms with van der Waals surface area (Å²) in [6.45, 7) is 8.55. The number of halogens is 1. The van der Waals surface area contributed by atoms with E-state index in [0.29, 0.717) is 6.54 Å². The van der Waals surface area contributed by atoms with Crippen LogP contribution in [0.25, 0.3) is 0 Å². The lowest BCUT2D eigenvalue weighted by Gasteiger charge is -2.35. The van der Waals surface area contributed by atoms with Crippen molar-refractivity contribution in [1.82, 2.24) is 15.5 Å². The van der Waals surface area contributed by atoms with Crippen LogP contribution in [-0.4, -0.2) is 57.3 Å². The summed E-state index contributed by atoms with van der Waals surface area (Å²) in [5.74, 6) is 0.775. The van der Waals surface area contributed by atoms with Gasteiger partial charge in [-0.3, -0.25) is 9.89 Å². The molecule has 6 heteroatoms. The molecule has 1 unspecified atom stereocenters. The third-order valence-electron chi connectivity index (χ3n) is 3.84. The van der Waals surface area contributed by atoms with E-state index in [1.807, 2.05) is 18.2 Å². The summed E-state index contributed by atoms with van der Waals surface area (Å²) < 4.78 is 5.47. The second kappa shape index (κ2) is 9.55. The molecule has 1 aromatic rings. The lowest BCUT2D eigenvalue weighted by molar-refractivity contribution is 0.0170. The average Bonchev–Trinajstić information content (AvgIpc) is 2.60. The highest BCUT2D eigenvalue weighted by atomic mass is 35.5. The minimum atomic E-state index is 0.249. The van der Waals surface area contributed by atoms with E-state index in [2.05, 4.69) is 39.2 Å². The molecule has 1 aliphatic heterocycles. The molecular formula is C17H25ClN4O. The van der Waals surface area contributed by atoms with Gasteiger partial charge in [0, 0.05) is 38.2 Å². The second-order valence-corrected chi connectivity index (χ2v) is 5.77. The van der Waals surface area contributed by atoms with Gasteiger partial charge in [-0.1, -0.05) is 29.8 Å². The van der Waals surface area contributed by atoms with Gasteiger partial charge >= 0.3 is 0 Å². The molecule has 0 spiro atoms. The Labute approximate surface area is 143 Å². The van der Waals surface area contributed by atoms with Crippen molar-refractivity contribution in [2.75, 3.05) is 46.4 Å². The van der Waals surface area contributed by atoms with Gasteiger partial charge in [-0.25, -0.2) is 0 Å². The van der Waals surface area contributed by atoms with Gasteiger partial charge < -0.3 is 15.4 Å². The standard InChI is InChI=1S/C17H25ClN4O/c1-3-8-20-17(19-2)21-13-16(22-9-11-23-12-10-22)14-4-6-15(18)7-5-14/h3-7,16H,1,8-13H2,2H3,(H2,19,20,21). The predicted molar refractivity (Wildman–Crippen MR) is 96.1 cm³/mol. The third-order valence-corrected chi connectivity index (χ3v) is 4.09. The van der Waals surface area contributed by atoms with Crippen LogP contribution >= 0.6 is 11.6 Å². The summed E-state index contributed by atoms with van der Waals surface area (Å²) in [6.07, 6.45) is 1.81. The Balaban J connectivity index is 2.06. The number of benzene rings is 1. The van der Waals surface area contributed by atoms with Crippen LogP contribution in [0.5, 0.6) is 0 Å². The fraction of sp³-hybridized carbons (Fsp3) is 0.471. The Morgan fingerprint density at radius 2 is 2.04 bits per heavy atom.